The first kappa shape index (κ1) is 21.0. The Morgan fingerprint density at radius 1 is 0.968 bits per heavy atom. The minimum absolute atomic E-state index is 0.00899. The van der Waals surface area contributed by atoms with Crippen LogP contribution < -0.4 is 0 Å². The van der Waals surface area contributed by atoms with Gasteiger partial charge in [-0.3, -0.25) is 9.59 Å². The van der Waals surface area contributed by atoms with Crippen molar-refractivity contribution in [2.45, 2.75) is 19.4 Å². The van der Waals surface area contributed by atoms with Crippen molar-refractivity contribution >= 4 is 23.4 Å². The normalized spacial score (nSPS) is 15.0. The highest BCUT2D eigenvalue weighted by molar-refractivity contribution is 6.30. The van der Waals surface area contributed by atoms with E-state index in [1.807, 2.05) is 49.4 Å². The van der Waals surface area contributed by atoms with Crippen molar-refractivity contribution in [2.75, 3.05) is 26.2 Å². The second-order valence-corrected chi connectivity index (χ2v) is 7.78. The van der Waals surface area contributed by atoms with Gasteiger partial charge in [0.05, 0.1) is 0 Å². The fraction of sp³-hybridized carbons (Fsp3) is 0.318. The van der Waals surface area contributed by atoms with Crippen LogP contribution in [0.5, 0.6) is 0 Å². The third kappa shape index (κ3) is 4.59. The number of hydrogen-bond acceptors (Lipinski definition) is 5. The number of piperazine rings is 1. The second-order valence-electron chi connectivity index (χ2n) is 7.35. The number of aromatic nitrogens is 4. The van der Waals surface area contributed by atoms with E-state index in [2.05, 4.69) is 15.4 Å². The highest BCUT2D eigenvalue weighted by Gasteiger charge is 2.30. The molecule has 0 N–H and O–H groups in total. The molecule has 4 rings (SSSR count). The van der Waals surface area contributed by atoms with Crippen LogP contribution in [0.2, 0.25) is 5.02 Å². The van der Waals surface area contributed by atoms with Crippen LogP contribution in [-0.4, -0.2) is 68.0 Å². The molecule has 0 aliphatic carbocycles. The van der Waals surface area contributed by atoms with Gasteiger partial charge in [-0.25, -0.2) is 0 Å². The van der Waals surface area contributed by atoms with Crippen LogP contribution in [0, 0.1) is 0 Å². The molecule has 1 fully saturated rings. The summed E-state index contributed by atoms with van der Waals surface area (Å²) in [5.74, 6) is 0.376. The molecule has 0 bridgehead atoms. The van der Waals surface area contributed by atoms with Gasteiger partial charge in [-0.1, -0.05) is 36.7 Å². The molecule has 0 spiro atoms. The maximum Gasteiger partial charge on any atom is 0.253 e. The Morgan fingerprint density at radius 3 is 2.26 bits per heavy atom. The summed E-state index contributed by atoms with van der Waals surface area (Å²) < 4.78 is 0. The Hall–Kier alpha value is -3.26. The molecule has 1 saturated heterocycles. The van der Waals surface area contributed by atoms with Crippen LogP contribution in [0.25, 0.3) is 11.4 Å². The molecular weight excluding hydrogens is 416 g/mol. The Kier molecular flexibility index (Phi) is 6.27. The molecule has 1 aromatic heterocycles. The predicted molar refractivity (Wildman–Crippen MR) is 117 cm³/mol. The van der Waals surface area contributed by atoms with Crippen LogP contribution in [0.1, 0.15) is 29.7 Å². The molecule has 160 valence electrons. The van der Waals surface area contributed by atoms with Gasteiger partial charge < -0.3 is 9.80 Å². The molecule has 31 heavy (non-hydrogen) atoms. The molecule has 0 radical (unpaired) electrons. The number of rotatable bonds is 5. The van der Waals surface area contributed by atoms with Gasteiger partial charge in [0.15, 0.2) is 6.04 Å². The van der Waals surface area contributed by atoms with E-state index in [9.17, 15) is 9.59 Å². The van der Waals surface area contributed by atoms with Crippen molar-refractivity contribution in [1.82, 2.24) is 30.0 Å². The molecular formula is C22H23ClN6O2. The molecule has 0 saturated carbocycles. The van der Waals surface area contributed by atoms with Crippen LogP contribution >= 0.6 is 11.6 Å². The SMILES string of the molecule is CCC(C(=O)N1CCN(C(=O)c2ccccc2)CC1)n1nnc(-c2ccc(Cl)cc2)n1. The van der Waals surface area contributed by atoms with Crippen molar-refractivity contribution in [1.29, 1.82) is 0 Å². The number of halogens is 1. The Morgan fingerprint density at radius 2 is 1.61 bits per heavy atom. The number of benzene rings is 2. The minimum Gasteiger partial charge on any atom is -0.337 e. The van der Waals surface area contributed by atoms with Gasteiger partial charge in [0.25, 0.3) is 5.91 Å². The maximum atomic E-state index is 13.1. The predicted octanol–water partition coefficient (Wildman–Crippen LogP) is 2.93. The number of tetrazole rings is 1. The van der Waals surface area contributed by atoms with E-state index in [0.29, 0.717) is 49.0 Å². The Labute approximate surface area is 185 Å². The van der Waals surface area contributed by atoms with Gasteiger partial charge in [-0.2, -0.15) is 4.80 Å². The van der Waals surface area contributed by atoms with Gasteiger partial charge in [0.1, 0.15) is 0 Å². The van der Waals surface area contributed by atoms with Crippen molar-refractivity contribution in [2.24, 2.45) is 0 Å². The number of amides is 2. The maximum absolute atomic E-state index is 13.1. The molecule has 1 aliphatic rings. The van der Waals surface area contributed by atoms with Crippen molar-refractivity contribution in [3.05, 3.63) is 65.2 Å². The van der Waals surface area contributed by atoms with Crippen molar-refractivity contribution in [3.8, 4) is 11.4 Å². The monoisotopic (exact) mass is 438 g/mol. The van der Waals surface area contributed by atoms with Gasteiger partial charge in [0, 0.05) is 42.3 Å². The van der Waals surface area contributed by atoms with Crippen LogP contribution in [-0.2, 0) is 4.79 Å². The number of hydrogen-bond donors (Lipinski definition) is 0. The Balaban J connectivity index is 1.41. The highest BCUT2D eigenvalue weighted by Crippen LogP contribution is 2.20. The quantitative estimate of drug-likeness (QED) is 0.611. The van der Waals surface area contributed by atoms with E-state index >= 15 is 0 Å². The summed E-state index contributed by atoms with van der Waals surface area (Å²) in [6, 6.07) is 15.8. The van der Waals surface area contributed by atoms with E-state index in [1.54, 1.807) is 21.9 Å². The lowest BCUT2D eigenvalue weighted by Crippen LogP contribution is -2.52. The molecule has 2 heterocycles. The Bertz CT molecular complexity index is 1050. The average Bonchev–Trinajstić information content (AvgIpc) is 3.30. The first-order valence-electron chi connectivity index (χ1n) is 10.3. The van der Waals surface area contributed by atoms with Crippen LogP contribution in [0.15, 0.2) is 54.6 Å². The number of carbonyl (C=O) groups excluding carboxylic acids is 2. The molecule has 8 nitrogen and oxygen atoms in total. The van der Waals surface area contributed by atoms with Gasteiger partial charge >= 0.3 is 0 Å². The highest BCUT2D eigenvalue weighted by atomic mass is 35.5. The summed E-state index contributed by atoms with van der Waals surface area (Å²) in [4.78, 5) is 30.7. The lowest BCUT2D eigenvalue weighted by atomic mass is 10.1. The summed E-state index contributed by atoms with van der Waals surface area (Å²) in [7, 11) is 0. The molecule has 3 aromatic rings. The van der Waals surface area contributed by atoms with Crippen LogP contribution in [0.3, 0.4) is 0 Å². The largest absolute Gasteiger partial charge is 0.337 e. The third-order valence-corrected chi connectivity index (χ3v) is 5.63. The second kappa shape index (κ2) is 9.26. The number of nitrogens with zero attached hydrogens (tertiary/aromatic N) is 6. The standard InChI is InChI=1S/C22H23ClN6O2/c1-2-19(29-25-20(24-26-29)16-8-10-18(23)11-9-16)22(31)28-14-12-27(13-15-28)21(30)17-6-4-3-5-7-17/h3-11,19H,2,12-15H2,1H3. The zero-order valence-electron chi connectivity index (χ0n) is 17.2. The number of carbonyl (C=O) groups is 2. The van der Waals surface area contributed by atoms with E-state index in [-0.39, 0.29) is 11.8 Å². The van der Waals surface area contributed by atoms with Gasteiger partial charge in [0.2, 0.25) is 11.7 Å². The smallest absolute Gasteiger partial charge is 0.253 e. The van der Waals surface area contributed by atoms with Crippen LogP contribution in [0.4, 0.5) is 0 Å². The van der Waals surface area contributed by atoms with Gasteiger partial charge in [-0.05, 0) is 48.0 Å². The molecule has 9 heteroatoms. The fourth-order valence-electron chi connectivity index (χ4n) is 3.61. The third-order valence-electron chi connectivity index (χ3n) is 5.38. The van der Waals surface area contributed by atoms with Crippen molar-refractivity contribution < 1.29 is 9.59 Å². The van der Waals surface area contributed by atoms with Crippen molar-refractivity contribution in [3.63, 3.8) is 0 Å². The summed E-state index contributed by atoms with van der Waals surface area (Å²) in [5, 5.41) is 13.3. The molecule has 1 unspecified atom stereocenters. The van der Waals surface area contributed by atoms with E-state index < -0.39 is 6.04 Å². The average molecular weight is 439 g/mol. The molecule has 2 amide bonds. The first-order valence-corrected chi connectivity index (χ1v) is 10.6. The zero-order chi connectivity index (χ0) is 21.8. The molecule has 2 aromatic carbocycles. The minimum atomic E-state index is -0.537. The molecule has 1 aliphatic heterocycles. The van der Waals surface area contributed by atoms with E-state index in [0.717, 1.165) is 5.56 Å². The first-order chi connectivity index (χ1) is 15.1. The summed E-state index contributed by atoms with van der Waals surface area (Å²) in [5.41, 5.74) is 1.45. The zero-order valence-corrected chi connectivity index (χ0v) is 17.9. The van der Waals surface area contributed by atoms with E-state index in [1.165, 1.54) is 4.80 Å². The lowest BCUT2D eigenvalue weighted by molar-refractivity contribution is -0.137. The topological polar surface area (TPSA) is 84.2 Å². The summed E-state index contributed by atoms with van der Waals surface area (Å²) >= 11 is 5.93. The fourth-order valence-corrected chi connectivity index (χ4v) is 3.74. The molecule has 1 atom stereocenters. The summed E-state index contributed by atoms with van der Waals surface area (Å²) in [6.45, 7) is 3.87. The van der Waals surface area contributed by atoms with E-state index in [4.69, 9.17) is 11.6 Å². The summed E-state index contributed by atoms with van der Waals surface area (Å²) in [6.07, 6.45) is 0.540. The van der Waals surface area contributed by atoms with Gasteiger partial charge in [-0.15, -0.1) is 10.2 Å². The lowest BCUT2D eigenvalue weighted by Gasteiger charge is -2.36.